The summed E-state index contributed by atoms with van der Waals surface area (Å²) in [5, 5.41) is 10.7. The summed E-state index contributed by atoms with van der Waals surface area (Å²) in [6.45, 7) is 2.47. The van der Waals surface area contributed by atoms with Gasteiger partial charge in [-0.25, -0.2) is 4.39 Å². The molecule has 1 saturated carbocycles. The first-order chi connectivity index (χ1) is 8.61. The lowest BCUT2D eigenvalue weighted by Crippen LogP contribution is -2.33. The standard InChI is InChI=1S/C14H18ClFO2/c1-2-18-14(9-3-4-9)13(17)8-10-7-11(15)5-6-12(10)16/h5-7,9,13-14,17H,2-4,8H2,1H3. The van der Waals surface area contributed by atoms with Crippen LogP contribution < -0.4 is 0 Å². The number of halogens is 2. The fourth-order valence-corrected chi connectivity index (χ4v) is 2.41. The first-order valence-corrected chi connectivity index (χ1v) is 6.73. The smallest absolute Gasteiger partial charge is 0.126 e. The maximum absolute atomic E-state index is 13.6. The maximum Gasteiger partial charge on any atom is 0.126 e. The Morgan fingerprint density at radius 2 is 2.22 bits per heavy atom. The van der Waals surface area contributed by atoms with E-state index in [0.717, 1.165) is 12.8 Å². The van der Waals surface area contributed by atoms with Crippen molar-refractivity contribution in [2.24, 2.45) is 5.92 Å². The topological polar surface area (TPSA) is 29.5 Å². The molecule has 18 heavy (non-hydrogen) atoms. The normalized spacial score (nSPS) is 18.7. The molecule has 0 aromatic heterocycles. The predicted octanol–water partition coefficient (Wildman–Crippen LogP) is 3.20. The number of rotatable bonds is 6. The van der Waals surface area contributed by atoms with Crippen molar-refractivity contribution in [1.82, 2.24) is 0 Å². The van der Waals surface area contributed by atoms with Crippen molar-refractivity contribution >= 4 is 11.6 Å². The Balaban J connectivity index is 2.04. The van der Waals surface area contributed by atoms with E-state index in [2.05, 4.69) is 0 Å². The second kappa shape index (κ2) is 6.00. The first-order valence-electron chi connectivity index (χ1n) is 6.35. The Kier molecular flexibility index (Phi) is 4.60. The molecule has 0 aliphatic heterocycles. The van der Waals surface area contributed by atoms with E-state index in [-0.39, 0.29) is 18.3 Å². The Morgan fingerprint density at radius 3 is 2.83 bits per heavy atom. The van der Waals surface area contributed by atoms with Crippen LogP contribution in [0.1, 0.15) is 25.3 Å². The molecule has 0 spiro atoms. The van der Waals surface area contributed by atoms with E-state index in [0.29, 0.717) is 23.1 Å². The summed E-state index contributed by atoms with van der Waals surface area (Å²) in [5.74, 6) is 0.0895. The van der Waals surface area contributed by atoms with Gasteiger partial charge in [0.2, 0.25) is 0 Å². The molecule has 2 unspecified atom stereocenters. The van der Waals surface area contributed by atoms with Crippen molar-refractivity contribution in [3.05, 3.63) is 34.6 Å². The van der Waals surface area contributed by atoms with Gasteiger partial charge in [0.1, 0.15) is 5.82 Å². The average Bonchev–Trinajstić information content (AvgIpc) is 3.14. The summed E-state index contributed by atoms with van der Waals surface area (Å²) in [6.07, 6.45) is 1.55. The maximum atomic E-state index is 13.6. The fraction of sp³-hybridized carbons (Fsp3) is 0.571. The molecule has 100 valence electrons. The highest BCUT2D eigenvalue weighted by Crippen LogP contribution is 2.36. The Labute approximate surface area is 112 Å². The summed E-state index contributed by atoms with van der Waals surface area (Å²) in [7, 11) is 0. The number of hydrogen-bond donors (Lipinski definition) is 1. The van der Waals surface area contributed by atoms with Crippen LogP contribution in [-0.2, 0) is 11.2 Å². The van der Waals surface area contributed by atoms with E-state index in [9.17, 15) is 9.50 Å². The van der Waals surface area contributed by atoms with E-state index in [1.54, 1.807) is 6.07 Å². The summed E-state index contributed by atoms with van der Waals surface area (Å²) in [6, 6.07) is 4.40. The average molecular weight is 273 g/mol. The third kappa shape index (κ3) is 3.44. The molecule has 2 nitrogen and oxygen atoms in total. The van der Waals surface area contributed by atoms with Gasteiger partial charge in [0.05, 0.1) is 12.2 Å². The van der Waals surface area contributed by atoms with Gasteiger partial charge < -0.3 is 9.84 Å². The number of aliphatic hydroxyl groups excluding tert-OH is 1. The summed E-state index contributed by atoms with van der Waals surface area (Å²) < 4.78 is 19.1. The third-order valence-electron chi connectivity index (χ3n) is 3.26. The van der Waals surface area contributed by atoms with Gasteiger partial charge in [0, 0.05) is 18.1 Å². The molecule has 4 heteroatoms. The molecule has 1 aromatic rings. The van der Waals surface area contributed by atoms with E-state index in [1.165, 1.54) is 12.1 Å². The van der Waals surface area contributed by atoms with Gasteiger partial charge >= 0.3 is 0 Å². The van der Waals surface area contributed by atoms with Crippen LogP contribution in [0.5, 0.6) is 0 Å². The van der Waals surface area contributed by atoms with E-state index >= 15 is 0 Å². The number of benzene rings is 1. The van der Waals surface area contributed by atoms with Crippen LogP contribution in [0.15, 0.2) is 18.2 Å². The largest absolute Gasteiger partial charge is 0.390 e. The quantitative estimate of drug-likeness (QED) is 0.862. The second-order valence-corrected chi connectivity index (χ2v) is 5.20. The van der Waals surface area contributed by atoms with Crippen LogP contribution >= 0.6 is 11.6 Å². The first kappa shape index (κ1) is 13.8. The molecular weight excluding hydrogens is 255 g/mol. The van der Waals surface area contributed by atoms with Gasteiger partial charge in [0.25, 0.3) is 0 Å². The van der Waals surface area contributed by atoms with Crippen LogP contribution in [0.3, 0.4) is 0 Å². The lowest BCUT2D eigenvalue weighted by atomic mass is 10.0. The minimum absolute atomic E-state index is 0.187. The number of hydrogen-bond acceptors (Lipinski definition) is 2. The van der Waals surface area contributed by atoms with Crippen molar-refractivity contribution in [3.63, 3.8) is 0 Å². The van der Waals surface area contributed by atoms with Gasteiger partial charge in [0.15, 0.2) is 0 Å². The summed E-state index contributed by atoms with van der Waals surface area (Å²) in [5.41, 5.74) is 0.445. The number of ether oxygens (including phenoxy) is 1. The molecule has 2 rings (SSSR count). The summed E-state index contributed by atoms with van der Waals surface area (Å²) >= 11 is 5.84. The van der Waals surface area contributed by atoms with Crippen LogP contribution in [0.2, 0.25) is 5.02 Å². The molecular formula is C14H18ClFO2. The van der Waals surface area contributed by atoms with Crippen LogP contribution in [0.25, 0.3) is 0 Å². The van der Waals surface area contributed by atoms with Crippen molar-refractivity contribution in [3.8, 4) is 0 Å². The Morgan fingerprint density at radius 1 is 1.50 bits per heavy atom. The van der Waals surface area contributed by atoms with Crippen molar-refractivity contribution in [1.29, 1.82) is 0 Å². The van der Waals surface area contributed by atoms with Crippen molar-refractivity contribution in [2.45, 2.75) is 38.4 Å². The highest BCUT2D eigenvalue weighted by Gasteiger charge is 2.36. The van der Waals surface area contributed by atoms with Gasteiger partial charge in [-0.2, -0.15) is 0 Å². The van der Waals surface area contributed by atoms with Gasteiger partial charge in [-0.15, -0.1) is 0 Å². The lowest BCUT2D eigenvalue weighted by molar-refractivity contribution is -0.0442. The Bertz CT molecular complexity index is 407. The van der Waals surface area contributed by atoms with Crippen LogP contribution in [-0.4, -0.2) is 23.9 Å². The zero-order valence-electron chi connectivity index (χ0n) is 10.4. The molecule has 1 aliphatic carbocycles. The molecule has 1 aliphatic rings. The molecule has 2 atom stereocenters. The third-order valence-corrected chi connectivity index (χ3v) is 3.50. The lowest BCUT2D eigenvalue weighted by Gasteiger charge is -2.23. The van der Waals surface area contributed by atoms with Crippen molar-refractivity contribution in [2.75, 3.05) is 6.61 Å². The molecule has 0 heterocycles. The minimum Gasteiger partial charge on any atom is -0.390 e. The summed E-state index contributed by atoms with van der Waals surface area (Å²) in [4.78, 5) is 0. The molecule has 0 radical (unpaired) electrons. The molecule has 1 aromatic carbocycles. The minimum atomic E-state index is -0.676. The molecule has 0 amide bonds. The SMILES string of the molecule is CCOC(C(O)Cc1cc(Cl)ccc1F)C1CC1. The van der Waals surface area contributed by atoms with Gasteiger partial charge in [-0.3, -0.25) is 0 Å². The monoisotopic (exact) mass is 272 g/mol. The zero-order valence-corrected chi connectivity index (χ0v) is 11.2. The Hall–Kier alpha value is -0.640. The van der Waals surface area contributed by atoms with Crippen molar-refractivity contribution < 1.29 is 14.2 Å². The predicted molar refractivity (Wildman–Crippen MR) is 69.3 cm³/mol. The van der Waals surface area contributed by atoms with Gasteiger partial charge in [-0.1, -0.05) is 11.6 Å². The van der Waals surface area contributed by atoms with Crippen LogP contribution in [0, 0.1) is 11.7 Å². The van der Waals surface area contributed by atoms with Crippen LogP contribution in [0.4, 0.5) is 4.39 Å². The van der Waals surface area contributed by atoms with E-state index in [1.807, 2.05) is 6.92 Å². The van der Waals surface area contributed by atoms with Gasteiger partial charge in [-0.05, 0) is 49.4 Å². The highest BCUT2D eigenvalue weighted by molar-refractivity contribution is 6.30. The molecule has 0 saturated heterocycles. The van der Waals surface area contributed by atoms with E-state index < -0.39 is 6.10 Å². The second-order valence-electron chi connectivity index (χ2n) is 4.76. The zero-order chi connectivity index (χ0) is 13.1. The highest BCUT2D eigenvalue weighted by atomic mass is 35.5. The number of aliphatic hydroxyl groups is 1. The van der Waals surface area contributed by atoms with E-state index in [4.69, 9.17) is 16.3 Å². The molecule has 1 N–H and O–H groups in total. The molecule has 0 bridgehead atoms. The fourth-order valence-electron chi connectivity index (χ4n) is 2.22. The molecule has 1 fully saturated rings.